The minimum Gasteiger partial charge on any atom is -0.369 e. The van der Waals surface area contributed by atoms with Crippen molar-refractivity contribution in [2.24, 2.45) is 16.1 Å². The fourth-order valence-corrected chi connectivity index (χ4v) is 2.58. The van der Waals surface area contributed by atoms with E-state index in [9.17, 15) is 0 Å². The number of hydrazine groups is 1. The molecule has 0 bridgehead atoms. The molecule has 0 atom stereocenters. The lowest BCUT2D eigenvalue weighted by molar-refractivity contribution is 0.322. The van der Waals surface area contributed by atoms with Gasteiger partial charge in [-0.25, -0.2) is 5.43 Å². The van der Waals surface area contributed by atoms with Crippen molar-refractivity contribution >= 4 is 5.96 Å². The van der Waals surface area contributed by atoms with Crippen LogP contribution in [0.4, 0.5) is 0 Å². The summed E-state index contributed by atoms with van der Waals surface area (Å²) in [5, 5.41) is 2.02. The third-order valence-electron chi connectivity index (χ3n) is 3.40. The van der Waals surface area contributed by atoms with Gasteiger partial charge in [-0.15, -0.1) is 0 Å². The van der Waals surface area contributed by atoms with Crippen molar-refractivity contribution < 1.29 is 0 Å². The van der Waals surface area contributed by atoms with E-state index in [-0.39, 0.29) is 0 Å². The van der Waals surface area contributed by atoms with E-state index >= 15 is 0 Å². The molecule has 1 aliphatic heterocycles. The zero-order valence-electron chi connectivity index (χ0n) is 8.92. The van der Waals surface area contributed by atoms with Gasteiger partial charge in [0.15, 0.2) is 0 Å². The van der Waals surface area contributed by atoms with Crippen molar-refractivity contribution in [1.29, 1.82) is 0 Å². The summed E-state index contributed by atoms with van der Waals surface area (Å²) in [6.07, 6.45) is 5.44. The maximum Gasteiger partial charge on any atom is 0.205 e. The van der Waals surface area contributed by atoms with Crippen LogP contribution in [0.3, 0.4) is 0 Å². The minimum atomic E-state index is 0.494. The van der Waals surface area contributed by atoms with Gasteiger partial charge >= 0.3 is 0 Å². The van der Waals surface area contributed by atoms with E-state index in [4.69, 9.17) is 5.73 Å². The normalized spacial score (nSPS) is 26.4. The smallest absolute Gasteiger partial charge is 0.205 e. The van der Waals surface area contributed by atoms with Crippen LogP contribution in [-0.4, -0.2) is 30.6 Å². The molecule has 14 heavy (non-hydrogen) atoms. The molecule has 80 valence electrons. The second-order valence-electron chi connectivity index (χ2n) is 4.46. The molecule has 1 aliphatic carbocycles. The number of aliphatic imine (C=N–C) groups is 1. The lowest BCUT2D eigenvalue weighted by Gasteiger charge is -2.21. The first kappa shape index (κ1) is 9.77. The Morgan fingerprint density at radius 3 is 2.86 bits per heavy atom. The van der Waals surface area contributed by atoms with Crippen LogP contribution in [0.1, 0.15) is 32.6 Å². The van der Waals surface area contributed by atoms with Gasteiger partial charge in [0.2, 0.25) is 5.96 Å². The topological polar surface area (TPSA) is 53.6 Å². The van der Waals surface area contributed by atoms with Crippen LogP contribution in [-0.2, 0) is 0 Å². The molecule has 1 spiro atoms. The highest BCUT2D eigenvalue weighted by Gasteiger charge is 2.40. The minimum absolute atomic E-state index is 0.494. The van der Waals surface area contributed by atoms with Gasteiger partial charge in [0.05, 0.1) is 0 Å². The predicted octanol–water partition coefficient (Wildman–Crippen LogP) is 0.702. The Balaban J connectivity index is 1.97. The van der Waals surface area contributed by atoms with E-state index < -0.39 is 0 Å². The Hall–Kier alpha value is -0.770. The summed E-state index contributed by atoms with van der Waals surface area (Å²) < 4.78 is 0. The van der Waals surface area contributed by atoms with Crippen LogP contribution >= 0.6 is 0 Å². The highest BCUT2D eigenvalue weighted by Crippen LogP contribution is 2.40. The molecule has 0 aromatic heterocycles. The molecule has 0 amide bonds. The number of nitrogens with two attached hydrogens (primary N) is 1. The molecular formula is C10H20N4. The molecule has 2 rings (SSSR count). The van der Waals surface area contributed by atoms with E-state index in [1.54, 1.807) is 0 Å². The number of rotatable bonds is 1. The Labute approximate surface area is 85.5 Å². The van der Waals surface area contributed by atoms with Crippen LogP contribution in [0.5, 0.6) is 0 Å². The van der Waals surface area contributed by atoms with E-state index in [1.807, 2.05) is 11.9 Å². The maximum absolute atomic E-state index is 5.85. The Morgan fingerprint density at radius 1 is 1.50 bits per heavy atom. The molecule has 1 saturated heterocycles. The van der Waals surface area contributed by atoms with Gasteiger partial charge in [0, 0.05) is 25.0 Å². The molecule has 0 aromatic rings. The Kier molecular flexibility index (Phi) is 2.63. The zero-order valence-corrected chi connectivity index (χ0v) is 8.92. The summed E-state index contributed by atoms with van der Waals surface area (Å²) in [6, 6.07) is 0. The highest BCUT2D eigenvalue weighted by atomic mass is 15.6. The van der Waals surface area contributed by atoms with E-state index in [2.05, 4.69) is 10.4 Å². The van der Waals surface area contributed by atoms with Gasteiger partial charge < -0.3 is 5.73 Å². The summed E-state index contributed by atoms with van der Waals surface area (Å²) in [6.45, 7) is 4.89. The fourth-order valence-electron chi connectivity index (χ4n) is 2.58. The number of guanidine groups is 1. The molecule has 4 nitrogen and oxygen atoms in total. The van der Waals surface area contributed by atoms with Gasteiger partial charge in [0.25, 0.3) is 0 Å². The Bertz CT molecular complexity index is 230. The zero-order chi connectivity index (χ0) is 10.0. The summed E-state index contributed by atoms with van der Waals surface area (Å²) in [5.74, 6) is 0.649. The van der Waals surface area contributed by atoms with E-state index in [1.165, 1.54) is 25.7 Å². The lowest BCUT2D eigenvalue weighted by atomic mass is 9.88. The van der Waals surface area contributed by atoms with Crippen molar-refractivity contribution in [2.45, 2.75) is 32.6 Å². The van der Waals surface area contributed by atoms with Crippen molar-refractivity contribution in [3.8, 4) is 0 Å². The largest absolute Gasteiger partial charge is 0.369 e. The van der Waals surface area contributed by atoms with Crippen LogP contribution < -0.4 is 11.2 Å². The van der Waals surface area contributed by atoms with Crippen LogP contribution in [0, 0.1) is 5.41 Å². The van der Waals surface area contributed by atoms with Gasteiger partial charge in [-0.1, -0.05) is 12.8 Å². The molecule has 1 saturated carbocycles. The quantitative estimate of drug-likeness (QED) is 0.479. The van der Waals surface area contributed by atoms with Gasteiger partial charge in [-0.2, -0.15) is 0 Å². The van der Waals surface area contributed by atoms with Crippen LogP contribution in [0.2, 0.25) is 0 Å². The number of hydrogen-bond acceptors (Lipinski definition) is 2. The van der Waals surface area contributed by atoms with Crippen molar-refractivity contribution in [1.82, 2.24) is 10.4 Å². The molecule has 2 fully saturated rings. The molecule has 4 heteroatoms. The highest BCUT2D eigenvalue weighted by molar-refractivity contribution is 5.77. The molecular weight excluding hydrogens is 176 g/mol. The predicted molar refractivity (Wildman–Crippen MR) is 57.8 cm³/mol. The van der Waals surface area contributed by atoms with Crippen molar-refractivity contribution in [2.75, 3.05) is 19.6 Å². The first-order valence-electron chi connectivity index (χ1n) is 5.57. The molecule has 3 N–H and O–H groups in total. The van der Waals surface area contributed by atoms with Crippen molar-refractivity contribution in [3.05, 3.63) is 0 Å². The van der Waals surface area contributed by atoms with Crippen LogP contribution in [0.25, 0.3) is 0 Å². The third kappa shape index (κ3) is 1.71. The number of hydrogen-bond donors (Lipinski definition) is 2. The average molecular weight is 196 g/mol. The molecule has 0 radical (unpaired) electrons. The second kappa shape index (κ2) is 3.77. The summed E-state index contributed by atoms with van der Waals surface area (Å²) in [4.78, 5) is 4.22. The monoisotopic (exact) mass is 196 g/mol. The SMILES string of the molecule is CCN=C(N)N1CC2(CCCC2)CN1. The molecule has 1 heterocycles. The van der Waals surface area contributed by atoms with Gasteiger partial charge in [-0.05, 0) is 19.8 Å². The summed E-state index contributed by atoms with van der Waals surface area (Å²) >= 11 is 0. The average Bonchev–Trinajstić information content (AvgIpc) is 2.78. The maximum atomic E-state index is 5.85. The molecule has 2 aliphatic rings. The van der Waals surface area contributed by atoms with Gasteiger partial charge in [0.1, 0.15) is 0 Å². The number of nitrogens with one attached hydrogen (secondary N) is 1. The fraction of sp³-hybridized carbons (Fsp3) is 0.900. The molecule has 0 unspecified atom stereocenters. The summed E-state index contributed by atoms with van der Waals surface area (Å²) in [7, 11) is 0. The Morgan fingerprint density at radius 2 is 2.21 bits per heavy atom. The standard InChI is InChI=1S/C10H20N4/c1-2-12-9(11)14-8-10(7-13-14)5-3-4-6-10/h13H,2-8H2,1H3,(H2,11,12). The summed E-state index contributed by atoms with van der Waals surface area (Å²) in [5.41, 5.74) is 9.70. The number of nitrogens with zero attached hydrogens (tertiary/aromatic N) is 2. The van der Waals surface area contributed by atoms with Crippen LogP contribution in [0.15, 0.2) is 4.99 Å². The van der Waals surface area contributed by atoms with Crippen molar-refractivity contribution in [3.63, 3.8) is 0 Å². The second-order valence-corrected chi connectivity index (χ2v) is 4.46. The van der Waals surface area contributed by atoms with E-state index in [0.717, 1.165) is 19.6 Å². The third-order valence-corrected chi connectivity index (χ3v) is 3.40. The molecule has 0 aromatic carbocycles. The first-order chi connectivity index (χ1) is 6.76. The lowest BCUT2D eigenvalue weighted by Crippen LogP contribution is -2.42. The van der Waals surface area contributed by atoms with E-state index in [0.29, 0.717) is 11.4 Å². The van der Waals surface area contributed by atoms with Gasteiger partial charge in [-0.3, -0.25) is 10.0 Å². The first-order valence-corrected chi connectivity index (χ1v) is 5.57.